The Morgan fingerprint density at radius 2 is 1.74 bits per heavy atom. The summed E-state index contributed by atoms with van der Waals surface area (Å²) in [6.45, 7) is 0. The van der Waals surface area contributed by atoms with Crippen molar-refractivity contribution in [1.29, 1.82) is 0 Å². The Hall–Kier alpha value is -2.55. The predicted octanol–water partition coefficient (Wildman–Crippen LogP) is 5.33. The smallest absolute Gasteiger partial charge is 0.220 e. The molecule has 1 aliphatic rings. The number of H-pyrrole nitrogens is 1. The van der Waals surface area contributed by atoms with Gasteiger partial charge in [0.1, 0.15) is 0 Å². The number of nitrogens with one attached hydrogen (secondary N) is 2. The molecule has 1 aromatic heterocycles. The number of carbonyl (C=O) groups excluding carboxylic acids is 1. The second kappa shape index (κ2) is 8.43. The average molecular weight is 361 g/mol. The Morgan fingerprint density at radius 3 is 2.56 bits per heavy atom. The zero-order chi connectivity index (χ0) is 18.5. The molecule has 1 amide bonds. The van der Waals surface area contributed by atoms with Crippen molar-refractivity contribution in [2.75, 3.05) is 0 Å². The molecular formula is C24H28N2O. The molecule has 1 saturated carbocycles. The Bertz CT molecular complexity index is 878. The van der Waals surface area contributed by atoms with Crippen LogP contribution in [0.2, 0.25) is 0 Å². The van der Waals surface area contributed by atoms with Crippen LogP contribution in [0.5, 0.6) is 0 Å². The molecule has 0 saturated heterocycles. The van der Waals surface area contributed by atoms with Gasteiger partial charge in [0.2, 0.25) is 5.91 Å². The lowest BCUT2D eigenvalue weighted by atomic mass is 9.88. The molecule has 1 atom stereocenters. The number of fused-ring (bicyclic) bond motifs is 1. The molecule has 27 heavy (non-hydrogen) atoms. The van der Waals surface area contributed by atoms with Crippen LogP contribution in [0.15, 0.2) is 60.8 Å². The summed E-state index contributed by atoms with van der Waals surface area (Å²) >= 11 is 0. The number of amides is 1. The van der Waals surface area contributed by atoms with Crippen LogP contribution in [0.3, 0.4) is 0 Å². The molecule has 0 bridgehead atoms. The van der Waals surface area contributed by atoms with Gasteiger partial charge in [0, 0.05) is 29.6 Å². The van der Waals surface area contributed by atoms with E-state index in [9.17, 15) is 4.79 Å². The largest absolute Gasteiger partial charge is 0.361 e. The van der Waals surface area contributed by atoms with E-state index in [0.717, 1.165) is 24.8 Å². The van der Waals surface area contributed by atoms with Gasteiger partial charge in [-0.1, -0.05) is 67.8 Å². The van der Waals surface area contributed by atoms with Crippen molar-refractivity contribution in [1.82, 2.24) is 10.3 Å². The van der Waals surface area contributed by atoms with Crippen LogP contribution in [0, 0.1) is 0 Å². The van der Waals surface area contributed by atoms with Gasteiger partial charge in [0.25, 0.3) is 0 Å². The highest BCUT2D eigenvalue weighted by Crippen LogP contribution is 2.31. The van der Waals surface area contributed by atoms with E-state index in [0.29, 0.717) is 12.5 Å². The van der Waals surface area contributed by atoms with E-state index in [4.69, 9.17) is 0 Å². The maximum atomic E-state index is 12.8. The quantitative estimate of drug-likeness (QED) is 0.613. The lowest BCUT2D eigenvalue weighted by Crippen LogP contribution is -2.36. The van der Waals surface area contributed by atoms with Crippen LogP contribution in [0.1, 0.15) is 55.6 Å². The Balaban J connectivity index is 1.55. The van der Waals surface area contributed by atoms with Crippen molar-refractivity contribution < 1.29 is 4.79 Å². The summed E-state index contributed by atoms with van der Waals surface area (Å²) in [6, 6.07) is 19.2. The molecule has 3 heteroatoms. The van der Waals surface area contributed by atoms with Gasteiger partial charge in [-0.15, -0.1) is 0 Å². The maximum absolute atomic E-state index is 12.8. The lowest BCUT2D eigenvalue weighted by Gasteiger charge is -2.24. The summed E-state index contributed by atoms with van der Waals surface area (Å²) in [5.41, 5.74) is 3.66. The molecule has 0 radical (unpaired) electrons. The van der Waals surface area contributed by atoms with Crippen LogP contribution >= 0.6 is 0 Å². The van der Waals surface area contributed by atoms with Crippen LogP contribution in [0.25, 0.3) is 10.9 Å². The van der Waals surface area contributed by atoms with Crippen LogP contribution in [0.4, 0.5) is 0 Å². The zero-order valence-electron chi connectivity index (χ0n) is 15.8. The zero-order valence-corrected chi connectivity index (χ0v) is 15.8. The summed E-state index contributed by atoms with van der Waals surface area (Å²) in [4.78, 5) is 16.2. The van der Waals surface area contributed by atoms with Gasteiger partial charge in [-0.25, -0.2) is 0 Å². The van der Waals surface area contributed by atoms with Gasteiger partial charge in [0.15, 0.2) is 0 Å². The van der Waals surface area contributed by atoms with Crippen molar-refractivity contribution in [3.8, 4) is 0 Å². The second-order valence-electron chi connectivity index (χ2n) is 7.78. The third-order valence-electron chi connectivity index (χ3n) is 5.79. The molecule has 3 aromatic rings. The highest BCUT2D eigenvalue weighted by atomic mass is 16.1. The third-order valence-corrected chi connectivity index (χ3v) is 5.79. The molecule has 1 unspecified atom stereocenters. The van der Waals surface area contributed by atoms with Gasteiger partial charge >= 0.3 is 0 Å². The van der Waals surface area contributed by atoms with Gasteiger partial charge in [-0.05, 0) is 42.4 Å². The first-order valence-electron chi connectivity index (χ1n) is 10.2. The molecule has 0 spiro atoms. The molecule has 4 rings (SSSR count). The van der Waals surface area contributed by atoms with E-state index in [-0.39, 0.29) is 11.8 Å². The molecule has 0 aliphatic heterocycles. The van der Waals surface area contributed by atoms with Crippen molar-refractivity contribution in [3.63, 3.8) is 0 Å². The summed E-state index contributed by atoms with van der Waals surface area (Å²) in [6.07, 6.45) is 9.53. The number of carbonyl (C=O) groups is 1. The molecule has 140 valence electrons. The Kier molecular flexibility index (Phi) is 5.57. The van der Waals surface area contributed by atoms with Gasteiger partial charge in [-0.2, -0.15) is 0 Å². The minimum absolute atomic E-state index is 0.173. The van der Waals surface area contributed by atoms with E-state index >= 15 is 0 Å². The first-order chi connectivity index (χ1) is 13.3. The molecule has 2 aromatic carbocycles. The van der Waals surface area contributed by atoms with Gasteiger partial charge in [0.05, 0.1) is 0 Å². The molecule has 3 nitrogen and oxygen atoms in total. The van der Waals surface area contributed by atoms with Crippen molar-refractivity contribution >= 4 is 16.8 Å². The van der Waals surface area contributed by atoms with E-state index in [1.54, 1.807) is 0 Å². The lowest BCUT2D eigenvalue weighted by molar-refractivity contribution is -0.122. The monoisotopic (exact) mass is 360 g/mol. The molecular weight excluding hydrogens is 332 g/mol. The van der Waals surface area contributed by atoms with Crippen LogP contribution < -0.4 is 5.32 Å². The van der Waals surface area contributed by atoms with Crippen molar-refractivity contribution in [2.45, 2.75) is 56.9 Å². The fourth-order valence-electron chi connectivity index (χ4n) is 4.38. The molecule has 1 heterocycles. The molecule has 2 N–H and O–H groups in total. The van der Waals surface area contributed by atoms with E-state index in [1.165, 1.54) is 35.8 Å². The topological polar surface area (TPSA) is 44.9 Å². The SMILES string of the molecule is O=C(CC(Cc1ccccc1)c1c[nH]c2ccccc12)NC1CCCCC1. The predicted molar refractivity (Wildman–Crippen MR) is 111 cm³/mol. The van der Waals surface area contributed by atoms with Crippen LogP contribution in [-0.4, -0.2) is 16.9 Å². The minimum Gasteiger partial charge on any atom is -0.361 e. The number of aromatic amines is 1. The first-order valence-corrected chi connectivity index (χ1v) is 10.2. The summed E-state index contributed by atoms with van der Waals surface area (Å²) in [5.74, 6) is 0.361. The third kappa shape index (κ3) is 4.41. The highest BCUT2D eigenvalue weighted by molar-refractivity contribution is 5.85. The first kappa shape index (κ1) is 17.8. The van der Waals surface area contributed by atoms with Gasteiger partial charge < -0.3 is 10.3 Å². The van der Waals surface area contributed by atoms with E-state index in [1.807, 2.05) is 12.1 Å². The van der Waals surface area contributed by atoms with E-state index in [2.05, 4.69) is 59.0 Å². The summed E-state index contributed by atoms with van der Waals surface area (Å²) < 4.78 is 0. The number of para-hydroxylation sites is 1. The number of rotatable bonds is 6. The normalized spacial score (nSPS) is 16.3. The van der Waals surface area contributed by atoms with E-state index < -0.39 is 0 Å². The standard InChI is InChI=1S/C24H28N2O/c27-24(26-20-11-5-2-6-12-20)16-19(15-18-9-3-1-4-10-18)22-17-25-23-14-8-7-13-21(22)23/h1,3-4,7-10,13-14,17,19-20,25H,2,5-6,11-12,15-16H2,(H,26,27). The minimum atomic E-state index is 0.173. The number of aromatic nitrogens is 1. The highest BCUT2D eigenvalue weighted by Gasteiger charge is 2.22. The van der Waals surface area contributed by atoms with Crippen molar-refractivity contribution in [2.24, 2.45) is 0 Å². The average Bonchev–Trinajstić information content (AvgIpc) is 3.13. The number of benzene rings is 2. The van der Waals surface area contributed by atoms with Crippen LogP contribution in [-0.2, 0) is 11.2 Å². The Labute approximate surface area is 161 Å². The van der Waals surface area contributed by atoms with Gasteiger partial charge in [-0.3, -0.25) is 4.79 Å². The molecule has 1 fully saturated rings. The fourth-order valence-corrected chi connectivity index (χ4v) is 4.38. The number of hydrogen-bond donors (Lipinski definition) is 2. The number of hydrogen-bond acceptors (Lipinski definition) is 1. The summed E-state index contributed by atoms with van der Waals surface area (Å²) in [7, 11) is 0. The second-order valence-corrected chi connectivity index (χ2v) is 7.78. The summed E-state index contributed by atoms with van der Waals surface area (Å²) in [5, 5.41) is 4.52. The maximum Gasteiger partial charge on any atom is 0.220 e. The Morgan fingerprint density at radius 1 is 1.00 bits per heavy atom. The van der Waals surface area contributed by atoms with Crippen molar-refractivity contribution in [3.05, 3.63) is 71.9 Å². The fraction of sp³-hybridized carbons (Fsp3) is 0.375. The molecule has 1 aliphatic carbocycles.